The van der Waals surface area contributed by atoms with Crippen molar-refractivity contribution in [3.8, 4) is 17.1 Å². The van der Waals surface area contributed by atoms with Gasteiger partial charge in [-0.15, -0.1) is 26.6 Å². The molecule has 41 heavy (non-hydrogen) atoms. The molecule has 0 spiro atoms. The topological polar surface area (TPSA) is 107 Å². The minimum Gasteiger partial charge on any atom is -0.368 e. The Labute approximate surface area is 248 Å². The fourth-order valence-corrected chi connectivity index (χ4v) is 6.96. The Morgan fingerprint density at radius 3 is 2.66 bits per heavy atom. The predicted octanol–water partition coefficient (Wildman–Crippen LogP) is 6.29. The van der Waals surface area contributed by atoms with E-state index < -0.39 is 0 Å². The number of aromatic nitrogens is 5. The van der Waals surface area contributed by atoms with Gasteiger partial charge < -0.3 is 16.4 Å². The lowest BCUT2D eigenvalue weighted by molar-refractivity contribution is 0.464. The summed E-state index contributed by atoms with van der Waals surface area (Å²) in [5.74, 6) is 1.28. The van der Waals surface area contributed by atoms with Gasteiger partial charge in [0, 0.05) is 34.1 Å². The average Bonchev–Trinajstić information content (AvgIpc) is 3.43. The van der Waals surface area contributed by atoms with Crippen molar-refractivity contribution in [2.45, 2.75) is 57.5 Å². The van der Waals surface area contributed by atoms with Crippen molar-refractivity contribution in [3.05, 3.63) is 92.1 Å². The summed E-state index contributed by atoms with van der Waals surface area (Å²) in [6.07, 6.45) is 7.31. The summed E-state index contributed by atoms with van der Waals surface area (Å²) in [6.45, 7) is 0.864. The van der Waals surface area contributed by atoms with Gasteiger partial charge in [0.25, 0.3) is 0 Å². The zero-order chi connectivity index (χ0) is 27.8. The standard InChI is InChI=1S/C31H31ClN8S/c32-23-16-26(41-18-23)17-34-24-11-8-19-9-13-25(14-21(19)10-12-24)35-31-36-30(33)40(39-31)28-15-22-6-3-5-20-4-1-2-7-27(20)29(22)38-37-28/h1-2,4,7,9,13-16,18,24,34H,3,5-6,8,10-12,17H2,(H3,33,35,36,39)/t24-/m1/s1. The Morgan fingerprint density at radius 1 is 0.927 bits per heavy atom. The fraction of sp³-hybridized carbons (Fsp3) is 0.290. The van der Waals surface area contributed by atoms with E-state index >= 15 is 0 Å². The highest BCUT2D eigenvalue weighted by molar-refractivity contribution is 7.10. The van der Waals surface area contributed by atoms with Crippen LogP contribution in [0.4, 0.5) is 17.6 Å². The van der Waals surface area contributed by atoms with Crippen molar-refractivity contribution in [3.63, 3.8) is 0 Å². The molecule has 2 aliphatic carbocycles. The second kappa shape index (κ2) is 11.2. The number of thiophene rings is 1. The number of nitrogens with zero attached hydrogens (tertiary/aromatic N) is 5. The third-order valence-corrected chi connectivity index (χ3v) is 9.33. The zero-order valence-electron chi connectivity index (χ0n) is 22.6. The first kappa shape index (κ1) is 26.1. The lowest BCUT2D eigenvalue weighted by atomic mass is 10.0. The van der Waals surface area contributed by atoms with Crippen LogP contribution in [-0.2, 0) is 32.2 Å². The normalized spacial score (nSPS) is 16.3. The highest BCUT2D eigenvalue weighted by Gasteiger charge is 2.20. The molecule has 8 nitrogen and oxygen atoms in total. The lowest BCUT2D eigenvalue weighted by Crippen LogP contribution is -2.28. The highest BCUT2D eigenvalue weighted by atomic mass is 35.5. The molecule has 0 amide bonds. The van der Waals surface area contributed by atoms with Crippen LogP contribution >= 0.6 is 22.9 Å². The number of aryl methyl sites for hydroxylation is 4. The van der Waals surface area contributed by atoms with Gasteiger partial charge in [0.05, 0.1) is 10.7 Å². The van der Waals surface area contributed by atoms with E-state index in [0.717, 1.165) is 79.0 Å². The van der Waals surface area contributed by atoms with Gasteiger partial charge in [0.2, 0.25) is 11.9 Å². The van der Waals surface area contributed by atoms with Crippen molar-refractivity contribution >= 4 is 40.5 Å². The van der Waals surface area contributed by atoms with E-state index in [4.69, 9.17) is 17.3 Å². The molecule has 10 heteroatoms. The summed E-state index contributed by atoms with van der Waals surface area (Å²) in [5, 5.41) is 23.6. The molecule has 4 N–H and O–H groups in total. The average molecular weight is 583 g/mol. The maximum Gasteiger partial charge on any atom is 0.248 e. The van der Waals surface area contributed by atoms with Gasteiger partial charge in [-0.25, -0.2) is 0 Å². The minimum absolute atomic E-state index is 0.270. The van der Waals surface area contributed by atoms with Gasteiger partial charge in [-0.3, -0.25) is 0 Å². The molecule has 208 valence electrons. The Kier molecular flexibility index (Phi) is 7.16. The maximum absolute atomic E-state index is 6.30. The number of halogens is 1. The van der Waals surface area contributed by atoms with E-state index in [0.29, 0.717) is 17.8 Å². The van der Waals surface area contributed by atoms with Crippen molar-refractivity contribution in [2.75, 3.05) is 11.1 Å². The van der Waals surface area contributed by atoms with Crippen LogP contribution in [0.2, 0.25) is 5.02 Å². The molecule has 0 fully saturated rings. The predicted molar refractivity (Wildman–Crippen MR) is 165 cm³/mol. The molecular formula is C31H31ClN8S. The first-order chi connectivity index (χ1) is 20.1. The van der Waals surface area contributed by atoms with Crippen molar-refractivity contribution in [1.82, 2.24) is 30.3 Å². The third-order valence-electron chi connectivity index (χ3n) is 8.05. The van der Waals surface area contributed by atoms with E-state index in [9.17, 15) is 0 Å². The second-order valence-electron chi connectivity index (χ2n) is 10.8. The number of hydrogen-bond acceptors (Lipinski definition) is 8. The van der Waals surface area contributed by atoms with Crippen LogP contribution in [-0.4, -0.2) is 31.0 Å². The van der Waals surface area contributed by atoms with E-state index in [1.807, 2.05) is 17.5 Å². The van der Waals surface area contributed by atoms with E-state index in [1.54, 1.807) is 16.0 Å². The first-order valence-corrected chi connectivity index (χ1v) is 15.4. The summed E-state index contributed by atoms with van der Waals surface area (Å²) in [4.78, 5) is 5.75. The van der Waals surface area contributed by atoms with Crippen LogP contribution in [0, 0.1) is 0 Å². The van der Waals surface area contributed by atoms with Gasteiger partial charge in [0.15, 0.2) is 5.82 Å². The maximum atomic E-state index is 6.30. The molecule has 3 heterocycles. The van der Waals surface area contributed by atoms with Gasteiger partial charge in [-0.05, 0) is 91.5 Å². The monoisotopic (exact) mass is 582 g/mol. The number of hydrogen-bond donors (Lipinski definition) is 3. The number of fused-ring (bicyclic) bond motifs is 4. The van der Waals surface area contributed by atoms with Crippen molar-refractivity contribution < 1.29 is 0 Å². The lowest BCUT2D eigenvalue weighted by Gasteiger charge is -2.15. The summed E-state index contributed by atoms with van der Waals surface area (Å²) in [6, 6.07) is 19.5. The molecule has 1 atom stereocenters. The van der Waals surface area contributed by atoms with Crippen LogP contribution < -0.4 is 16.4 Å². The van der Waals surface area contributed by atoms with Crippen LogP contribution in [0.25, 0.3) is 17.1 Å². The molecule has 2 aromatic carbocycles. The molecule has 2 aliphatic rings. The van der Waals surface area contributed by atoms with Crippen LogP contribution in [0.1, 0.15) is 46.4 Å². The van der Waals surface area contributed by atoms with Gasteiger partial charge >= 0.3 is 0 Å². The summed E-state index contributed by atoms with van der Waals surface area (Å²) >= 11 is 7.79. The second-order valence-corrected chi connectivity index (χ2v) is 12.2. The largest absolute Gasteiger partial charge is 0.368 e. The number of nitrogens with two attached hydrogens (primary N) is 1. The Balaban J connectivity index is 1.05. The number of nitrogens with one attached hydrogen (secondary N) is 2. The number of nitrogen functional groups attached to an aromatic ring is 1. The van der Waals surface area contributed by atoms with E-state index in [2.05, 4.69) is 73.4 Å². The molecule has 0 saturated heterocycles. The van der Waals surface area contributed by atoms with Gasteiger partial charge in [0.1, 0.15) is 0 Å². The van der Waals surface area contributed by atoms with Gasteiger partial charge in [-0.1, -0.05) is 41.9 Å². The Hall–Kier alpha value is -3.79. The van der Waals surface area contributed by atoms with Crippen LogP contribution in [0.15, 0.2) is 60.0 Å². The fourth-order valence-electron chi connectivity index (χ4n) is 5.93. The third kappa shape index (κ3) is 5.57. The van der Waals surface area contributed by atoms with Gasteiger partial charge in [-0.2, -0.15) is 9.67 Å². The molecule has 0 radical (unpaired) electrons. The smallest absolute Gasteiger partial charge is 0.248 e. The summed E-state index contributed by atoms with van der Waals surface area (Å²) < 4.78 is 1.56. The van der Waals surface area contributed by atoms with E-state index in [1.165, 1.54) is 21.6 Å². The van der Waals surface area contributed by atoms with E-state index in [-0.39, 0.29) is 5.95 Å². The molecule has 0 bridgehead atoms. The summed E-state index contributed by atoms with van der Waals surface area (Å²) in [5.41, 5.74) is 14.6. The Bertz CT molecular complexity index is 1710. The number of rotatable bonds is 6. The quantitative estimate of drug-likeness (QED) is 0.202. The number of benzene rings is 2. The molecule has 0 saturated carbocycles. The Morgan fingerprint density at radius 2 is 1.78 bits per heavy atom. The highest BCUT2D eigenvalue weighted by Crippen LogP contribution is 2.32. The zero-order valence-corrected chi connectivity index (χ0v) is 24.2. The SMILES string of the molecule is Nc1nc(Nc2ccc3c(c2)CC[C@H](NCc2cc(Cl)cs2)CC3)nn1-c1cc2c(nn1)-c1ccccc1CCC2. The van der Waals surface area contributed by atoms with Crippen molar-refractivity contribution in [1.29, 1.82) is 0 Å². The minimum atomic E-state index is 0.270. The molecule has 3 aromatic heterocycles. The molecule has 0 unspecified atom stereocenters. The van der Waals surface area contributed by atoms with Crippen LogP contribution in [0.5, 0.6) is 0 Å². The molecule has 5 aromatic rings. The van der Waals surface area contributed by atoms with Crippen molar-refractivity contribution in [2.24, 2.45) is 0 Å². The number of anilines is 3. The summed E-state index contributed by atoms with van der Waals surface area (Å²) in [7, 11) is 0. The molecular weight excluding hydrogens is 552 g/mol. The molecule has 0 aliphatic heterocycles. The first-order valence-electron chi connectivity index (χ1n) is 14.1. The van der Waals surface area contributed by atoms with Crippen LogP contribution in [0.3, 0.4) is 0 Å². The molecule has 7 rings (SSSR count).